The molecule has 4 nitrogen and oxygen atoms in total. The van der Waals surface area contributed by atoms with E-state index in [0.29, 0.717) is 18.0 Å². The Morgan fingerprint density at radius 3 is 2.58 bits per heavy atom. The Balaban J connectivity index is 2.71. The highest BCUT2D eigenvalue weighted by Crippen LogP contribution is 2.28. The van der Waals surface area contributed by atoms with Gasteiger partial charge in [-0.1, -0.05) is 20.8 Å². The van der Waals surface area contributed by atoms with Crippen LogP contribution in [0.25, 0.3) is 0 Å². The van der Waals surface area contributed by atoms with Crippen molar-refractivity contribution in [2.45, 2.75) is 71.5 Å². The summed E-state index contributed by atoms with van der Waals surface area (Å²) in [4.78, 5) is 14.3. The van der Waals surface area contributed by atoms with Crippen molar-refractivity contribution >= 4 is 5.91 Å². The fourth-order valence-electron chi connectivity index (χ4n) is 3.44. The van der Waals surface area contributed by atoms with Gasteiger partial charge in [-0.15, -0.1) is 0 Å². The van der Waals surface area contributed by atoms with Gasteiger partial charge in [0.15, 0.2) is 0 Å². The van der Waals surface area contributed by atoms with E-state index in [1.165, 1.54) is 12.8 Å². The van der Waals surface area contributed by atoms with Gasteiger partial charge in [0.1, 0.15) is 0 Å². The molecule has 0 aliphatic carbocycles. The molecule has 1 amide bonds. The van der Waals surface area contributed by atoms with E-state index in [9.17, 15) is 4.79 Å². The number of hydrogen-bond acceptors (Lipinski definition) is 3. The standard InChI is InChI=1S/C15H31N3O/c1-6-17-15(5,14(16)19)10-12(4)18-9-7-8-13(18)11(2)3/h11-13,17H,6-10H2,1-5H3,(H2,16,19). The lowest BCUT2D eigenvalue weighted by Crippen LogP contribution is -2.56. The van der Waals surface area contributed by atoms with Crippen LogP contribution in [0, 0.1) is 5.92 Å². The van der Waals surface area contributed by atoms with Crippen molar-refractivity contribution in [3.8, 4) is 0 Å². The molecule has 3 N–H and O–H groups in total. The van der Waals surface area contributed by atoms with Crippen molar-refractivity contribution in [2.75, 3.05) is 13.1 Å². The van der Waals surface area contributed by atoms with Crippen molar-refractivity contribution in [2.24, 2.45) is 11.7 Å². The molecular weight excluding hydrogens is 238 g/mol. The third kappa shape index (κ3) is 3.93. The lowest BCUT2D eigenvalue weighted by Gasteiger charge is -2.38. The number of hydrogen-bond donors (Lipinski definition) is 2. The van der Waals surface area contributed by atoms with E-state index in [1.54, 1.807) is 0 Å². The predicted molar refractivity (Wildman–Crippen MR) is 79.9 cm³/mol. The van der Waals surface area contributed by atoms with Gasteiger partial charge in [-0.2, -0.15) is 0 Å². The fourth-order valence-corrected chi connectivity index (χ4v) is 3.44. The number of nitrogens with two attached hydrogens (primary N) is 1. The Labute approximate surface area is 118 Å². The largest absolute Gasteiger partial charge is 0.368 e. The van der Waals surface area contributed by atoms with Crippen LogP contribution in [-0.4, -0.2) is 41.5 Å². The first-order valence-electron chi connectivity index (χ1n) is 7.62. The zero-order valence-corrected chi connectivity index (χ0v) is 13.2. The number of carbonyl (C=O) groups excluding carboxylic acids is 1. The molecule has 1 aliphatic rings. The molecule has 4 heteroatoms. The smallest absolute Gasteiger partial charge is 0.237 e. The van der Waals surface area contributed by atoms with Crippen LogP contribution in [0.4, 0.5) is 0 Å². The minimum absolute atomic E-state index is 0.249. The average molecular weight is 269 g/mol. The molecule has 19 heavy (non-hydrogen) atoms. The molecule has 0 radical (unpaired) electrons. The summed E-state index contributed by atoms with van der Waals surface area (Å²) < 4.78 is 0. The van der Waals surface area contributed by atoms with Crippen molar-refractivity contribution < 1.29 is 4.79 Å². The maximum absolute atomic E-state index is 11.7. The first-order valence-corrected chi connectivity index (χ1v) is 7.62. The van der Waals surface area contributed by atoms with Gasteiger partial charge in [0.2, 0.25) is 5.91 Å². The third-order valence-electron chi connectivity index (χ3n) is 4.49. The normalized spacial score (nSPS) is 25.5. The summed E-state index contributed by atoms with van der Waals surface area (Å²) >= 11 is 0. The molecule has 1 aliphatic heterocycles. The van der Waals surface area contributed by atoms with E-state index in [4.69, 9.17) is 5.73 Å². The summed E-state index contributed by atoms with van der Waals surface area (Å²) in [5.41, 5.74) is 4.98. The minimum atomic E-state index is -0.599. The monoisotopic (exact) mass is 269 g/mol. The molecule has 112 valence electrons. The maximum atomic E-state index is 11.7. The van der Waals surface area contributed by atoms with Crippen LogP contribution in [0.1, 0.15) is 53.9 Å². The lowest BCUT2D eigenvalue weighted by atomic mass is 9.90. The van der Waals surface area contributed by atoms with E-state index in [0.717, 1.165) is 19.5 Å². The molecule has 0 aromatic heterocycles. The van der Waals surface area contributed by atoms with Crippen LogP contribution in [0.15, 0.2) is 0 Å². The Bertz CT molecular complexity index is 306. The van der Waals surface area contributed by atoms with Crippen molar-refractivity contribution in [1.82, 2.24) is 10.2 Å². The molecular formula is C15H31N3O. The Kier molecular flexibility index (Phi) is 5.81. The highest BCUT2D eigenvalue weighted by molar-refractivity contribution is 5.84. The van der Waals surface area contributed by atoms with Crippen molar-refractivity contribution in [3.05, 3.63) is 0 Å². The summed E-state index contributed by atoms with van der Waals surface area (Å²) in [7, 11) is 0. The first kappa shape index (κ1) is 16.4. The number of rotatable bonds is 7. The van der Waals surface area contributed by atoms with Crippen LogP contribution in [-0.2, 0) is 4.79 Å². The number of carbonyl (C=O) groups is 1. The van der Waals surface area contributed by atoms with E-state index >= 15 is 0 Å². The Morgan fingerprint density at radius 2 is 2.11 bits per heavy atom. The van der Waals surface area contributed by atoms with E-state index < -0.39 is 5.54 Å². The first-order chi connectivity index (χ1) is 8.81. The molecule has 0 saturated carbocycles. The number of primary amides is 1. The minimum Gasteiger partial charge on any atom is -0.368 e. The maximum Gasteiger partial charge on any atom is 0.237 e. The van der Waals surface area contributed by atoms with Gasteiger partial charge in [0, 0.05) is 12.1 Å². The molecule has 1 saturated heterocycles. The van der Waals surface area contributed by atoms with Gasteiger partial charge in [-0.3, -0.25) is 9.69 Å². The fraction of sp³-hybridized carbons (Fsp3) is 0.933. The summed E-state index contributed by atoms with van der Waals surface area (Å²) in [6, 6.07) is 1.03. The number of nitrogens with one attached hydrogen (secondary N) is 1. The van der Waals surface area contributed by atoms with E-state index in [1.807, 2.05) is 13.8 Å². The summed E-state index contributed by atoms with van der Waals surface area (Å²) in [5.74, 6) is 0.422. The van der Waals surface area contributed by atoms with Crippen LogP contribution in [0.3, 0.4) is 0 Å². The van der Waals surface area contributed by atoms with Crippen LogP contribution in [0.2, 0.25) is 0 Å². The highest BCUT2D eigenvalue weighted by Gasteiger charge is 2.37. The van der Waals surface area contributed by atoms with Crippen LogP contribution < -0.4 is 11.1 Å². The molecule has 1 heterocycles. The second kappa shape index (κ2) is 6.71. The molecule has 3 atom stereocenters. The van der Waals surface area contributed by atoms with Crippen molar-refractivity contribution in [1.29, 1.82) is 0 Å². The Hall–Kier alpha value is -0.610. The predicted octanol–water partition coefficient (Wildman–Crippen LogP) is 1.74. The quantitative estimate of drug-likeness (QED) is 0.740. The molecule has 0 bridgehead atoms. The van der Waals surface area contributed by atoms with E-state index in [2.05, 4.69) is 31.0 Å². The molecule has 1 fully saturated rings. The van der Waals surface area contributed by atoms with Gasteiger partial charge < -0.3 is 11.1 Å². The molecule has 0 aromatic carbocycles. The Morgan fingerprint density at radius 1 is 1.47 bits per heavy atom. The van der Waals surface area contributed by atoms with Gasteiger partial charge in [0.05, 0.1) is 5.54 Å². The van der Waals surface area contributed by atoms with Gasteiger partial charge in [-0.05, 0) is 52.1 Å². The van der Waals surface area contributed by atoms with Crippen molar-refractivity contribution in [3.63, 3.8) is 0 Å². The van der Waals surface area contributed by atoms with Gasteiger partial charge in [-0.25, -0.2) is 0 Å². The zero-order valence-electron chi connectivity index (χ0n) is 13.2. The second-order valence-corrected chi connectivity index (χ2v) is 6.47. The second-order valence-electron chi connectivity index (χ2n) is 6.47. The number of amides is 1. The lowest BCUT2D eigenvalue weighted by molar-refractivity contribution is -0.124. The zero-order chi connectivity index (χ0) is 14.6. The van der Waals surface area contributed by atoms with Gasteiger partial charge in [0.25, 0.3) is 0 Å². The summed E-state index contributed by atoms with van der Waals surface area (Å²) in [6.45, 7) is 12.6. The highest BCUT2D eigenvalue weighted by atomic mass is 16.1. The number of likely N-dealkylation sites (N-methyl/N-ethyl adjacent to an activating group) is 1. The molecule has 0 aromatic rings. The van der Waals surface area contributed by atoms with Crippen LogP contribution >= 0.6 is 0 Å². The topological polar surface area (TPSA) is 58.4 Å². The van der Waals surface area contributed by atoms with Gasteiger partial charge >= 0.3 is 0 Å². The third-order valence-corrected chi connectivity index (χ3v) is 4.49. The van der Waals surface area contributed by atoms with Crippen LogP contribution in [0.5, 0.6) is 0 Å². The molecule has 1 rings (SSSR count). The average Bonchev–Trinajstić information content (AvgIpc) is 2.77. The number of nitrogens with zero attached hydrogens (tertiary/aromatic N) is 1. The summed E-state index contributed by atoms with van der Waals surface area (Å²) in [6.07, 6.45) is 3.32. The van der Waals surface area contributed by atoms with E-state index in [-0.39, 0.29) is 5.91 Å². The summed E-state index contributed by atoms with van der Waals surface area (Å²) in [5, 5.41) is 3.26. The number of likely N-dealkylation sites (tertiary alicyclic amines) is 1. The molecule has 3 unspecified atom stereocenters. The SMILES string of the molecule is CCNC(C)(CC(C)N1CCCC1C(C)C)C(N)=O. The molecule has 0 spiro atoms.